The van der Waals surface area contributed by atoms with Crippen LogP contribution in [0.4, 0.5) is 0 Å². The molecule has 130 valence electrons. The summed E-state index contributed by atoms with van der Waals surface area (Å²) in [5.41, 5.74) is 2.12. The molecule has 2 aliphatic carbocycles. The van der Waals surface area contributed by atoms with Crippen LogP contribution in [0.5, 0.6) is 0 Å². The van der Waals surface area contributed by atoms with E-state index in [1.54, 1.807) is 0 Å². The van der Waals surface area contributed by atoms with Gasteiger partial charge in [-0.2, -0.15) is 0 Å². The average Bonchev–Trinajstić information content (AvgIpc) is 2.93. The van der Waals surface area contributed by atoms with Gasteiger partial charge in [-0.3, -0.25) is 0 Å². The van der Waals surface area contributed by atoms with Gasteiger partial charge in [0.05, 0.1) is 0 Å². The largest absolute Gasteiger partial charge is 0.458 e. The molecule has 4 atom stereocenters. The number of carbonyl (C=O) groups is 2. The van der Waals surface area contributed by atoms with Crippen LogP contribution in [0.3, 0.4) is 0 Å². The molecule has 0 unspecified atom stereocenters. The van der Waals surface area contributed by atoms with Gasteiger partial charge in [-0.05, 0) is 42.4 Å². The lowest BCUT2D eigenvalue weighted by Gasteiger charge is -2.58. The molecule has 0 aromatic rings. The SMILES string of the molecule is CC1(C)CCC[C@@]2(C)[C@@H]1CC=C1C(=O)O[C@H](C3=CC(=O)OC3)C[C@@H]12. The molecule has 0 aromatic heterocycles. The highest BCUT2D eigenvalue weighted by Gasteiger charge is 2.55. The first-order chi connectivity index (χ1) is 11.3. The van der Waals surface area contributed by atoms with Gasteiger partial charge in [-0.25, -0.2) is 9.59 Å². The van der Waals surface area contributed by atoms with E-state index in [0.29, 0.717) is 11.3 Å². The molecule has 2 aliphatic heterocycles. The van der Waals surface area contributed by atoms with E-state index < -0.39 is 0 Å². The molecule has 2 fully saturated rings. The Labute approximate surface area is 143 Å². The second-order valence-corrected chi connectivity index (χ2v) is 8.80. The Balaban J connectivity index is 1.69. The number of cyclic esters (lactones) is 2. The van der Waals surface area contributed by atoms with E-state index in [2.05, 4.69) is 26.8 Å². The van der Waals surface area contributed by atoms with Crippen molar-refractivity contribution in [2.24, 2.45) is 22.7 Å². The number of carbonyl (C=O) groups excluding carboxylic acids is 2. The zero-order valence-corrected chi connectivity index (χ0v) is 14.8. The van der Waals surface area contributed by atoms with Crippen LogP contribution in [-0.4, -0.2) is 24.6 Å². The average molecular weight is 330 g/mol. The summed E-state index contributed by atoms with van der Waals surface area (Å²) < 4.78 is 10.7. The minimum Gasteiger partial charge on any atom is -0.458 e. The van der Waals surface area contributed by atoms with Crippen molar-refractivity contribution in [1.29, 1.82) is 0 Å². The number of ether oxygens (including phenoxy) is 2. The highest BCUT2D eigenvalue weighted by Crippen LogP contribution is 2.61. The summed E-state index contributed by atoms with van der Waals surface area (Å²) >= 11 is 0. The zero-order chi connectivity index (χ0) is 17.1. The van der Waals surface area contributed by atoms with Crippen LogP contribution in [0.15, 0.2) is 23.3 Å². The van der Waals surface area contributed by atoms with E-state index in [0.717, 1.165) is 30.4 Å². The van der Waals surface area contributed by atoms with Gasteiger partial charge in [0.2, 0.25) is 0 Å². The summed E-state index contributed by atoms with van der Waals surface area (Å²) in [6.45, 7) is 7.38. The molecule has 0 N–H and O–H groups in total. The topological polar surface area (TPSA) is 52.6 Å². The van der Waals surface area contributed by atoms with E-state index in [1.165, 1.54) is 18.9 Å². The summed E-state index contributed by atoms with van der Waals surface area (Å²) in [7, 11) is 0. The minimum atomic E-state index is -0.325. The number of esters is 2. The Kier molecular flexibility index (Phi) is 3.45. The Morgan fingerprint density at radius 1 is 1.17 bits per heavy atom. The lowest BCUT2D eigenvalue weighted by atomic mass is 9.47. The Hall–Kier alpha value is -1.58. The third-order valence-electron chi connectivity index (χ3n) is 7.05. The molecular formula is C20H26O4. The van der Waals surface area contributed by atoms with Crippen molar-refractivity contribution in [1.82, 2.24) is 0 Å². The fourth-order valence-corrected chi connectivity index (χ4v) is 5.80. The third-order valence-corrected chi connectivity index (χ3v) is 7.05. The van der Waals surface area contributed by atoms with Gasteiger partial charge in [0.1, 0.15) is 12.7 Å². The number of hydrogen-bond acceptors (Lipinski definition) is 4. The molecule has 0 spiro atoms. The van der Waals surface area contributed by atoms with Gasteiger partial charge in [0.15, 0.2) is 0 Å². The van der Waals surface area contributed by atoms with Crippen molar-refractivity contribution in [2.45, 2.75) is 59.0 Å². The fraction of sp³-hybridized carbons (Fsp3) is 0.700. The molecule has 0 amide bonds. The minimum absolute atomic E-state index is 0.132. The Bertz CT molecular complexity index is 657. The molecule has 0 radical (unpaired) electrons. The predicted molar refractivity (Wildman–Crippen MR) is 89.0 cm³/mol. The number of hydrogen-bond donors (Lipinski definition) is 0. The summed E-state index contributed by atoms with van der Waals surface area (Å²) in [5.74, 6) is 0.293. The normalized spacial score (nSPS) is 40.7. The molecule has 1 saturated carbocycles. The summed E-state index contributed by atoms with van der Waals surface area (Å²) in [6.07, 6.45) is 8.71. The molecule has 4 rings (SSSR count). The molecule has 24 heavy (non-hydrogen) atoms. The van der Waals surface area contributed by atoms with Crippen molar-refractivity contribution >= 4 is 11.9 Å². The van der Waals surface area contributed by atoms with Crippen LogP contribution >= 0.6 is 0 Å². The van der Waals surface area contributed by atoms with E-state index >= 15 is 0 Å². The predicted octanol–water partition coefficient (Wildman–Crippen LogP) is 3.56. The third kappa shape index (κ3) is 2.26. The van der Waals surface area contributed by atoms with Crippen molar-refractivity contribution in [3.8, 4) is 0 Å². The fourth-order valence-electron chi connectivity index (χ4n) is 5.80. The monoisotopic (exact) mass is 330 g/mol. The maximum atomic E-state index is 12.6. The second-order valence-electron chi connectivity index (χ2n) is 8.80. The first-order valence-corrected chi connectivity index (χ1v) is 9.09. The molecule has 1 saturated heterocycles. The van der Waals surface area contributed by atoms with E-state index in [9.17, 15) is 9.59 Å². The molecule has 0 aromatic carbocycles. The van der Waals surface area contributed by atoms with Crippen LogP contribution < -0.4 is 0 Å². The first-order valence-electron chi connectivity index (χ1n) is 9.09. The molecule has 0 bridgehead atoms. The van der Waals surface area contributed by atoms with Crippen LogP contribution in [0, 0.1) is 22.7 Å². The summed E-state index contributed by atoms with van der Waals surface area (Å²) in [6, 6.07) is 0. The van der Waals surface area contributed by atoms with Gasteiger partial charge < -0.3 is 9.47 Å². The lowest BCUT2D eigenvalue weighted by molar-refractivity contribution is -0.154. The highest BCUT2D eigenvalue weighted by molar-refractivity contribution is 5.91. The smallest absolute Gasteiger partial charge is 0.334 e. The van der Waals surface area contributed by atoms with E-state index in [1.807, 2.05) is 0 Å². The van der Waals surface area contributed by atoms with Gasteiger partial charge in [-0.1, -0.05) is 33.3 Å². The highest BCUT2D eigenvalue weighted by atomic mass is 16.6. The Morgan fingerprint density at radius 2 is 1.96 bits per heavy atom. The molecule has 4 aliphatic rings. The van der Waals surface area contributed by atoms with E-state index in [4.69, 9.17) is 9.47 Å². The maximum Gasteiger partial charge on any atom is 0.334 e. The van der Waals surface area contributed by atoms with Gasteiger partial charge in [-0.15, -0.1) is 0 Å². The van der Waals surface area contributed by atoms with Gasteiger partial charge >= 0.3 is 11.9 Å². The van der Waals surface area contributed by atoms with E-state index in [-0.39, 0.29) is 36.0 Å². The molecular weight excluding hydrogens is 304 g/mol. The number of fused-ring (bicyclic) bond motifs is 3. The van der Waals surface area contributed by atoms with Crippen molar-refractivity contribution in [2.75, 3.05) is 6.61 Å². The van der Waals surface area contributed by atoms with Gasteiger partial charge in [0.25, 0.3) is 0 Å². The molecule has 4 nitrogen and oxygen atoms in total. The van der Waals surface area contributed by atoms with Crippen LogP contribution in [0.25, 0.3) is 0 Å². The van der Waals surface area contributed by atoms with Crippen LogP contribution in [-0.2, 0) is 19.1 Å². The molecule has 2 heterocycles. The zero-order valence-electron chi connectivity index (χ0n) is 14.8. The summed E-state index contributed by atoms with van der Waals surface area (Å²) in [5, 5.41) is 0. The van der Waals surface area contributed by atoms with Crippen molar-refractivity contribution in [3.63, 3.8) is 0 Å². The maximum absolute atomic E-state index is 12.6. The number of allylic oxidation sites excluding steroid dienone is 1. The van der Waals surface area contributed by atoms with Crippen molar-refractivity contribution < 1.29 is 19.1 Å². The standard InChI is InChI=1S/C20H26O4/c1-19(2)7-4-8-20(3)14-10-15(12-9-17(21)23-11-12)24-18(22)13(14)5-6-16(19)20/h5,9,14-16H,4,6-8,10-11H2,1-3H3/t14-,15-,16+,20+/m0/s1. The number of rotatable bonds is 1. The first kappa shape index (κ1) is 15.9. The van der Waals surface area contributed by atoms with Crippen LogP contribution in [0.1, 0.15) is 52.9 Å². The Morgan fingerprint density at radius 3 is 2.67 bits per heavy atom. The second kappa shape index (κ2) is 5.21. The van der Waals surface area contributed by atoms with Gasteiger partial charge in [0, 0.05) is 23.1 Å². The van der Waals surface area contributed by atoms with Crippen molar-refractivity contribution in [3.05, 3.63) is 23.3 Å². The van der Waals surface area contributed by atoms with Crippen LogP contribution in [0.2, 0.25) is 0 Å². The molecule has 4 heteroatoms. The summed E-state index contributed by atoms with van der Waals surface area (Å²) in [4.78, 5) is 24.0. The quantitative estimate of drug-likeness (QED) is 0.690. The lowest BCUT2D eigenvalue weighted by Crippen LogP contribution is -2.52.